The molecule has 6 nitrogen and oxygen atoms in total. The lowest BCUT2D eigenvalue weighted by Crippen LogP contribution is -2.44. The van der Waals surface area contributed by atoms with Crippen LogP contribution in [0.15, 0.2) is 24.4 Å². The lowest BCUT2D eigenvalue weighted by molar-refractivity contribution is 0.0677. The van der Waals surface area contributed by atoms with E-state index in [0.717, 1.165) is 24.2 Å². The van der Waals surface area contributed by atoms with E-state index in [-0.39, 0.29) is 23.5 Å². The summed E-state index contributed by atoms with van der Waals surface area (Å²) in [4.78, 5) is 19.4. The van der Waals surface area contributed by atoms with Crippen LogP contribution in [-0.4, -0.2) is 52.7 Å². The molecule has 0 aromatic carbocycles. The molecule has 3 heterocycles. The van der Waals surface area contributed by atoms with E-state index in [1.165, 1.54) is 0 Å². The van der Waals surface area contributed by atoms with Gasteiger partial charge >= 0.3 is 0 Å². The van der Waals surface area contributed by atoms with E-state index in [4.69, 9.17) is 0 Å². The molecule has 1 atom stereocenters. The van der Waals surface area contributed by atoms with Crippen molar-refractivity contribution in [1.29, 1.82) is 0 Å². The van der Waals surface area contributed by atoms with Gasteiger partial charge < -0.3 is 9.30 Å². The molecule has 4 rings (SSSR count). The van der Waals surface area contributed by atoms with Crippen molar-refractivity contribution in [3.8, 4) is 0 Å². The Morgan fingerprint density at radius 1 is 1.29 bits per heavy atom. The van der Waals surface area contributed by atoms with Crippen LogP contribution in [0.25, 0.3) is 5.52 Å². The third kappa shape index (κ3) is 2.70. The molecule has 2 aromatic rings. The standard InChI is InChI=1S/C17H21N3O3S/c1-12-18-16(14-5-2-3-8-19(12)14)17(21)20-9-4-10-24(22,23)11-15(20)13-6-7-13/h2-3,5,8,13,15H,4,6-7,9-11H2,1H3. The van der Waals surface area contributed by atoms with Crippen molar-refractivity contribution in [3.63, 3.8) is 0 Å². The molecule has 2 aromatic heterocycles. The number of aromatic nitrogens is 2. The van der Waals surface area contributed by atoms with Gasteiger partial charge in [-0.25, -0.2) is 13.4 Å². The molecule has 1 saturated heterocycles. The van der Waals surface area contributed by atoms with Crippen molar-refractivity contribution in [2.45, 2.75) is 32.2 Å². The van der Waals surface area contributed by atoms with Gasteiger partial charge in [-0.05, 0) is 44.2 Å². The molecular weight excluding hydrogens is 326 g/mol. The summed E-state index contributed by atoms with van der Waals surface area (Å²) in [5.74, 6) is 1.20. The number of carbonyl (C=O) groups is 1. The van der Waals surface area contributed by atoms with Gasteiger partial charge in [0.15, 0.2) is 15.5 Å². The summed E-state index contributed by atoms with van der Waals surface area (Å²) in [5, 5.41) is 0. The highest BCUT2D eigenvalue weighted by atomic mass is 32.2. The summed E-state index contributed by atoms with van der Waals surface area (Å²) in [6, 6.07) is 5.47. The number of carbonyl (C=O) groups excluding carboxylic acids is 1. The average molecular weight is 347 g/mol. The maximum absolute atomic E-state index is 13.2. The van der Waals surface area contributed by atoms with Crippen molar-refractivity contribution in [3.05, 3.63) is 35.9 Å². The molecule has 1 aliphatic carbocycles. The Kier molecular flexibility index (Phi) is 3.63. The van der Waals surface area contributed by atoms with Crippen LogP contribution >= 0.6 is 0 Å². The monoisotopic (exact) mass is 347 g/mol. The highest BCUT2D eigenvalue weighted by Gasteiger charge is 2.42. The molecule has 128 valence electrons. The first-order chi connectivity index (χ1) is 11.5. The molecule has 0 N–H and O–H groups in total. The van der Waals surface area contributed by atoms with Crippen molar-refractivity contribution < 1.29 is 13.2 Å². The number of nitrogens with zero attached hydrogens (tertiary/aromatic N) is 3. The summed E-state index contributed by atoms with van der Waals surface area (Å²) in [6.07, 6.45) is 4.40. The second-order valence-electron chi connectivity index (χ2n) is 6.83. The largest absolute Gasteiger partial charge is 0.333 e. The van der Waals surface area contributed by atoms with E-state index in [1.54, 1.807) is 4.90 Å². The molecule has 2 aliphatic rings. The summed E-state index contributed by atoms with van der Waals surface area (Å²) in [6.45, 7) is 2.36. The number of sulfone groups is 1. The Balaban J connectivity index is 1.74. The van der Waals surface area contributed by atoms with E-state index >= 15 is 0 Å². The van der Waals surface area contributed by atoms with Crippen molar-refractivity contribution in [1.82, 2.24) is 14.3 Å². The third-order valence-corrected chi connectivity index (χ3v) is 6.79. The second kappa shape index (κ2) is 5.58. The lowest BCUT2D eigenvalue weighted by atomic mass is 10.1. The summed E-state index contributed by atoms with van der Waals surface area (Å²) in [5.41, 5.74) is 1.21. The predicted octanol–water partition coefficient (Wildman–Crippen LogP) is 1.68. The first kappa shape index (κ1) is 15.6. The molecule has 0 spiro atoms. The van der Waals surface area contributed by atoms with Gasteiger partial charge in [0.05, 0.1) is 17.0 Å². The van der Waals surface area contributed by atoms with Crippen LogP contribution in [0, 0.1) is 12.8 Å². The third-order valence-electron chi connectivity index (χ3n) is 5.03. The van der Waals surface area contributed by atoms with Crippen molar-refractivity contribution >= 4 is 21.3 Å². The minimum Gasteiger partial charge on any atom is -0.333 e. The Hall–Kier alpha value is -1.89. The number of hydrogen-bond donors (Lipinski definition) is 0. The van der Waals surface area contributed by atoms with Gasteiger partial charge in [0.2, 0.25) is 0 Å². The van der Waals surface area contributed by atoms with Gasteiger partial charge in [-0.3, -0.25) is 4.79 Å². The SMILES string of the molecule is Cc1nc(C(=O)N2CCCS(=O)(=O)CC2C2CC2)c2ccccn12. The number of amides is 1. The molecule has 1 aliphatic heterocycles. The highest BCUT2D eigenvalue weighted by molar-refractivity contribution is 7.91. The number of fused-ring (bicyclic) bond motifs is 1. The van der Waals surface area contributed by atoms with Crippen LogP contribution in [0.4, 0.5) is 0 Å². The molecule has 1 saturated carbocycles. The number of imidazole rings is 1. The molecule has 1 unspecified atom stereocenters. The van der Waals surface area contributed by atoms with E-state index in [9.17, 15) is 13.2 Å². The van der Waals surface area contributed by atoms with E-state index in [2.05, 4.69) is 4.98 Å². The topological polar surface area (TPSA) is 71.8 Å². The number of rotatable bonds is 2. The Bertz CT molecular complexity index is 899. The lowest BCUT2D eigenvalue weighted by Gasteiger charge is -2.29. The fraction of sp³-hybridized carbons (Fsp3) is 0.529. The fourth-order valence-corrected chi connectivity index (χ4v) is 5.37. The first-order valence-corrected chi connectivity index (χ1v) is 10.2. The Morgan fingerprint density at radius 3 is 2.83 bits per heavy atom. The van der Waals surface area contributed by atoms with Crippen LogP contribution in [0.1, 0.15) is 35.6 Å². The van der Waals surface area contributed by atoms with Crippen LogP contribution in [0.5, 0.6) is 0 Å². The zero-order chi connectivity index (χ0) is 16.9. The number of pyridine rings is 1. The highest BCUT2D eigenvalue weighted by Crippen LogP contribution is 2.37. The minimum atomic E-state index is -3.08. The van der Waals surface area contributed by atoms with E-state index < -0.39 is 9.84 Å². The van der Waals surface area contributed by atoms with Crippen LogP contribution in [-0.2, 0) is 9.84 Å². The molecule has 0 radical (unpaired) electrons. The average Bonchev–Trinajstić information content (AvgIpc) is 3.35. The van der Waals surface area contributed by atoms with E-state index in [1.807, 2.05) is 35.7 Å². The summed E-state index contributed by atoms with van der Waals surface area (Å²) < 4.78 is 26.3. The smallest absolute Gasteiger partial charge is 0.275 e. The van der Waals surface area contributed by atoms with Crippen LogP contribution in [0.3, 0.4) is 0 Å². The number of hydrogen-bond acceptors (Lipinski definition) is 4. The Morgan fingerprint density at radius 2 is 2.08 bits per heavy atom. The predicted molar refractivity (Wildman–Crippen MR) is 90.7 cm³/mol. The summed E-state index contributed by atoms with van der Waals surface area (Å²) >= 11 is 0. The van der Waals surface area contributed by atoms with Crippen LogP contribution < -0.4 is 0 Å². The molecule has 24 heavy (non-hydrogen) atoms. The van der Waals surface area contributed by atoms with Gasteiger partial charge in [0, 0.05) is 18.8 Å². The molecule has 0 bridgehead atoms. The molecule has 1 amide bonds. The normalized spacial score (nSPS) is 24.0. The molecule has 2 fully saturated rings. The fourth-order valence-electron chi connectivity index (χ4n) is 3.66. The zero-order valence-corrected chi connectivity index (χ0v) is 14.5. The molecule has 7 heteroatoms. The summed E-state index contributed by atoms with van der Waals surface area (Å²) in [7, 11) is -3.08. The molecular formula is C17H21N3O3S. The van der Waals surface area contributed by atoms with Crippen LogP contribution in [0.2, 0.25) is 0 Å². The maximum atomic E-state index is 13.2. The second-order valence-corrected chi connectivity index (χ2v) is 9.06. The quantitative estimate of drug-likeness (QED) is 0.829. The Labute approximate surface area is 141 Å². The van der Waals surface area contributed by atoms with Gasteiger partial charge in [0.1, 0.15) is 5.82 Å². The minimum absolute atomic E-state index is 0.0914. The zero-order valence-electron chi connectivity index (χ0n) is 13.7. The van der Waals surface area contributed by atoms with Gasteiger partial charge in [0.25, 0.3) is 5.91 Å². The van der Waals surface area contributed by atoms with Crippen molar-refractivity contribution in [2.75, 3.05) is 18.1 Å². The van der Waals surface area contributed by atoms with Gasteiger partial charge in [-0.2, -0.15) is 0 Å². The van der Waals surface area contributed by atoms with Gasteiger partial charge in [-0.1, -0.05) is 6.07 Å². The van der Waals surface area contributed by atoms with E-state index in [0.29, 0.717) is 24.6 Å². The van der Waals surface area contributed by atoms with Gasteiger partial charge in [-0.15, -0.1) is 0 Å². The number of aryl methyl sites for hydroxylation is 1. The maximum Gasteiger partial charge on any atom is 0.275 e. The first-order valence-electron chi connectivity index (χ1n) is 8.41. The van der Waals surface area contributed by atoms with Crippen molar-refractivity contribution in [2.24, 2.45) is 5.92 Å².